The molecule has 3 nitrogen and oxygen atoms in total. The molecule has 0 radical (unpaired) electrons. The maximum atomic E-state index is 12.4. The molecule has 2 saturated carbocycles. The van der Waals surface area contributed by atoms with E-state index in [2.05, 4.69) is 5.32 Å². The fraction of sp³-hybridized carbons (Fsp3) is 0.941. The quantitative estimate of drug-likeness (QED) is 0.838. The van der Waals surface area contributed by atoms with Gasteiger partial charge in [-0.1, -0.05) is 12.8 Å². The number of hydrogen-bond acceptors (Lipinski definition) is 2. The first-order valence-electron chi connectivity index (χ1n) is 8.69. The van der Waals surface area contributed by atoms with Crippen molar-refractivity contribution in [2.24, 2.45) is 17.8 Å². The zero-order valence-corrected chi connectivity index (χ0v) is 12.9. The van der Waals surface area contributed by atoms with Gasteiger partial charge >= 0.3 is 0 Å². The predicted octanol–water partition coefficient (Wildman–Crippen LogP) is 2.80. The van der Waals surface area contributed by atoms with Crippen LogP contribution >= 0.6 is 0 Å². The lowest BCUT2D eigenvalue weighted by Crippen LogP contribution is -2.38. The summed E-state index contributed by atoms with van der Waals surface area (Å²) in [5, 5.41) is 3.57. The molecular weight excluding hydrogens is 248 g/mol. The predicted molar refractivity (Wildman–Crippen MR) is 81.5 cm³/mol. The van der Waals surface area contributed by atoms with Crippen LogP contribution in [0.4, 0.5) is 0 Å². The lowest BCUT2D eigenvalue weighted by Gasteiger charge is -2.27. The summed E-state index contributed by atoms with van der Waals surface area (Å²) in [7, 11) is 2.00. The monoisotopic (exact) mass is 278 g/mol. The number of hydrogen-bond donors (Lipinski definition) is 1. The van der Waals surface area contributed by atoms with Crippen LogP contribution in [0.1, 0.15) is 57.8 Å². The summed E-state index contributed by atoms with van der Waals surface area (Å²) in [6.07, 6.45) is 11.4. The molecule has 0 aromatic rings. The molecule has 4 atom stereocenters. The number of carbonyl (C=O) groups is 1. The molecule has 2 aliphatic carbocycles. The van der Waals surface area contributed by atoms with Crippen molar-refractivity contribution in [2.75, 3.05) is 20.1 Å². The van der Waals surface area contributed by atoms with Gasteiger partial charge in [-0.05, 0) is 62.8 Å². The minimum Gasteiger partial charge on any atom is -0.346 e. The lowest BCUT2D eigenvalue weighted by molar-refractivity contribution is -0.131. The Morgan fingerprint density at radius 2 is 2.10 bits per heavy atom. The highest BCUT2D eigenvalue weighted by Gasteiger charge is 2.40. The van der Waals surface area contributed by atoms with Crippen molar-refractivity contribution in [1.29, 1.82) is 0 Å². The first-order chi connectivity index (χ1) is 9.72. The normalized spacial score (nSPS) is 36.2. The van der Waals surface area contributed by atoms with Crippen LogP contribution in [0.3, 0.4) is 0 Å². The van der Waals surface area contributed by atoms with Crippen LogP contribution in [0.15, 0.2) is 0 Å². The Labute approximate surface area is 123 Å². The highest BCUT2D eigenvalue weighted by atomic mass is 16.2. The third kappa shape index (κ3) is 3.36. The average Bonchev–Trinajstić information content (AvgIpc) is 3.08. The highest BCUT2D eigenvalue weighted by Crippen LogP contribution is 2.49. The Kier molecular flexibility index (Phi) is 4.65. The molecule has 0 aromatic carbocycles. The summed E-state index contributed by atoms with van der Waals surface area (Å²) < 4.78 is 0. The second-order valence-electron chi connectivity index (χ2n) is 7.39. The van der Waals surface area contributed by atoms with Gasteiger partial charge in [-0.2, -0.15) is 0 Å². The molecule has 1 saturated heterocycles. The van der Waals surface area contributed by atoms with Crippen LogP contribution in [0.5, 0.6) is 0 Å². The number of rotatable bonds is 5. The van der Waals surface area contributed by atoms with Crippen LogP contribution in [0, 0.1) is 17.8 Å². The number of nitrogens with one attached hydrogen (secondary N) is 1. The molecule has 3 aliphatic rings. The van der Waals surface area contributed by atoms with Crippen molar-refractivity contribution >= 4 is 5.91 Å². The molecule has 114 valence electrons. The second kappa shape index (κ2) is 6.46. The van der Waals surface area contributed by atoms with Crippen molar-refractivity contribution in [3.8, 4) is 0 Å². The molecule has 1 heterocycles. The number of piperidine rings is 1. The van der Waals surface area contributed by atoms with Gasteiger partial charge in [-0.3, -0.25) is 4.79 Å². The Hall–Kier alpha value is -0.570. The van der Waals surface area contributed by atoms with Gasteiger partial charge in [0.05, 0.1) is 0 Å². The van der Waals surface area contributed by atoms with Gasteiger partial charge in [0, 0.05) is 26.1 Å². The van der Waals surface area contributed by atoms with Gasteiger partial charge < -0.3 is 10.2 Å². The second-order valence-corrected chi connectivity index (χ2v) is 7.39. The van der Waals surface area contributed by atoms with Crippen LogP contribution in [-0.4, -0.2) is 37.0 Å². The van der Waals surface area contributed by atoms with E-state index >= 15 is 0 Å². The summed E-state index contributed by atoms with van der Waals surface area (Å²) in [5.74, 6) is 2.92. The van der Waals surface area contributed by atoms with E-state index in [-0.39, 0.29) is 0 Å². The third-order valence-corrected chi connectivity index (χ3v) is 5.97. The molecule has 1 amide bonds. The van der Waals surface area contributed by atoms with E-state index < -0.39 is 0 Å². The first kappa shape index (κ1) is 14.4. The summed E-state index contributed by atoms with van der Waals surface area (Å²) in [6, 6.07) is 0.640. The molecule has 3 fully saturated rings. The molecule has 0 aromatic heterocycles. The van der Waals surface area contributed by atoms with E-state index in [1.165, 1.54) is 44.9 Å². The first-order valence-corrected chi connectivity index (χ1v) is 8.69. The smallest absolute Gasteiger partial charge is 0.222 e. The number of amides is 1. The minimum absolute atomic E-state index is 0.387. The Balaban J connectivity index is 1.38. The van der Waals surface area contributed by atoms with Crippen molar-refractivity contribution < 1.29 is 4.79 Å². The molecule has 4 unspecified atom stereocenters. The van der Waals surface area contributed by atoms with Gasteiger partial charge in [0.1, 0.15) is 0 Å². The fourth-order valence-electron chi connectivity index (χ4n) is 4.65. The molecule has 3 rings (SSSR count). The van der Waals surface area contributed by atoms with Crippen LogP contribution in [0.25, 0.3) is 0 Å². The van der Waals surface area contributed by atoms with Crippen LogP contribution in [0.2, 0.25) is 0 Å². The van der Waals surface area contributed by atoms with Gasteiger partial charge in [-0.25, -0.2) is 0 Å². The summed E-state index contributed by atoms with van der Waals surface area (Å²) in [5.41, 5.74) is 0. The molecule has 0 spiro atoms. The fourth-order valence-corrected chi connectivity index (χ4v) is 4.65. The minimum atomic E-state index is 0.387. The van der Waals surface area contributed by atoms with Crippen molar-refractivity contribution in [2.45, 2.75) is 63.8 Å². The van der Waals surface area contributed by atoms with E-state index in [1.54, 1.807) is 0 Å². The molecule has 2 bridgehead atoms. The third-order valence-electron chi connectivity index (χ3n) is 5.97. The van der Waals surface area contributed by atoms with E-state index in [1.807, 2.05) is 11.9 Å². The van der Waals surface area contributed by atoms with Gasteiger partial charge in [0.25, 0.3) is 0 Å². The van der Waals surface area contributed by atoms with Crippen LogP contribution < -0.4 is 5.32 Å². The van der Waals surface area contributed by atoms with E-state index in [9.17, 15) is 4.79 Å². The summed E-state index contributed by atoms with van der Waals surface area (Å²) >= 11 is 0. The topological polar surface area (TPSA) is 32.3 Å². The standard InChI is InChI=1S/C17H30N2O/c1-19(9-7-16-4-2-3-8-18-16)17(20)12-15-11-13-5-6-14(15)10-13/h13-16,18H,2-12H2,1H3. The molecule has 1 N–H and O–H groups in total. The zero-order chi connectivity index (χ0) is 13.9. The largest absolute Gasteiger partial charge is 0.346 e. The van der Waals surface area contributed by atoms with Crippen molar-refractivity contribution in [3.05, 3.63) is 0 Å². The van der Waals surface area contributed by atoms with Gasteiger partial charge in [0.15, 0.2) is 0 Å². The lowest BCUT2D eigenvalue weighted by atomic mass is 9.86. The summed E-state index contributed by atoms with van der Waals surface area (Å²) in [4.78, 5) is 14.3. The maximum Gasteiger partial charge on any atom is 0.222 e. The number of carbonyl (C=O) groups excluding carboxylic acids is 1. The number of nitrogens with zero attached hydrogens (tertiary/aromatic N) is 1. The van der Waals surface area contributed by atoms with E-state index in [0.29, 0.717) is 17.9 Å². The Bertz CT molecular complexity index is 338. The molecule has 1 aliphatic heterocycles. The highest BCUT2D eigenvalue weighted by molar-refractivity contribution is 5.76. The molecule has 3 heteroatoms. The van der Waals surface area contributed by atoms with Crippen molar-refractivity contribution in [3.63, 3.8) is 0 Å². The summed E-state index contributed by atoms with van der Waals surface area (Å²) in [6.45, 7) is 2.09. The average molecular weight is 278 g/mol. The van der Waals surface area contributed by atoms with E-state index in [4.69, 9.17) is 0 Å². The Morgan fingerprint density at radius 1 is 1.20 bits per heavy atom. The van der Waals surface area contributed by atoms with Gasteiger partial charge in [0.2, 0.25) is 5.91 Å². The van der Waals surface area contributed by atoms with Crippen molar-refractivity contribution in [1.82, 2.24) is 10.2 Å². The molecule has 20 heavy (non-hydrogen) atoms. The zero-order valence-electron chi connectivity index (χ0n) is 12.9. The Morgan fingerprint density at radius 3 is 2.75 bits per heavy atom. The SMILES string of the molecule is CN(CCC1CCCCN1)C(=O)CC1CC2CCC1C2. The van der Waals surface area contributed by atoms with E-state index in [0.717, 1.165) is 37.8 Å². The van der Waals surface area contributed by atoms with Crippen LogP contribution in [-0.2, 0) is 4.79 Å². The number of fused-ring (bicyclic) bond motifs is 2. The van der Waals surface area contributed by atoms with Gasteiger partial charge in [-0.15, -0.1) is 0 Å². The maximum absolute atomic E-state index is 12.4. The molecular formula is C17H30N2O.